The van der Waals surface area contributed by atoms with E-state index in [-0.39, 0.29) is 0 Å². The number of carboxylic acid groups (broad SMARTS) is 1. The Morgan fingerprint density at radius 2 is 2.09 bits per heavy atom. The third-order valence-corrected chi connectivity index (χ3v) is 4.02. The molecule has 10 nitrogen and oxygen atoms in total. The second kappa shape index (κ2) is 6.02. The van der Waals surface area contributed by atoms with Gasteiger partial charge in [-0.1, -0.05) is 11.6 Å². The molecule has 0 fully saturated rings. The molecular formula is C11H9ClN4O6S. The number of hydrogen-bond acceptors (Lipinski definition) is 7. The van der Waals surface area contributed by atoms with Gasteiger partial charge in [0, 0.05) is 0 Å². The summed E-state index contributed by atoms with van der Waals surface area (Å²) in [7, 11) is -4.73. The van der Waals surface area contributed by atoms with Gasteiger partial charge in [0.15, 0.2) is 6.04 Å². The molecule has 0 spiro atoms. The van der Waals surface area contributed by atoms with Gasteiger partial charge in [-0.25, -0.2) is 10.2 Å². The van der Waals surface area contributed by atoms with Gasteiger partial charge < -0.3 is 5.11 Å². The number of nitrogens with zero attached hydrogens (tertiary/aromatic N) is 3. The second-order valence-corrected chi connectivity index (χ2v) is 6.22. The van der Waals surface area contributed by atoms with Crippen LogP contribution < -0.4 is 5.43 Å². The van der Waals surface area contributed by atoms with Crippen molar-refractivity contribution >= 4 is 45.0 Å². The molecule has 0 saturated heterocycles. The van der Waals surface area contributed by atoms with Crippen molar-refractivity contribution < 1.29 is 27.7 Å². The van der Waals surface area contributed by atoms with Gasteiger partial charge in [-0.3, -0.25) is 9.35 Å². The lowest BCUT2D eigenvalue weighted by Gasteiger charge is -2.06. The summed E-state index contributed by atoms with van der Waals surface area (Å²) in [6, 6.07) is 0.495. The fraction of sp³-hybridized carbons (Fsp3) is 0.182. The third kappa shape index (κ3) is 3.52. The van der Waals surface area contributed by atoms with Crippen molar-refractivity contribution in [1.82, 2.24) is 5.43 Å². The summed E-state index contributed by atoms with van der Waals surface area (Å²) in [5.74, 6) is -2.00. The van der Waals surface area contributed by atoms with E-state index in [0.29, 0.717) is 5.71 Å². The lowest BCUT2D eigenvalue weighted by Crippen LogP contribution is -2.25. The largest absolute Gasteiger partial charge is 0.478 e. The van der Waals surface area contributed by atoms with Gasteiger partial charge in [-0.2, -0.15) is 23.7 Å². The number of benzene rings is 1. The van der Waals surface area contributed by atoms with Crippen LogP contribution in [0, 0.1) is 0 Å². The standard InChI is InChI=1S/C11H9ClN4O6S/c1-4-9(10(17)16-13-4)15-14-7-2-5(11(18)19)6(12)3-8(7)23(20,21)22/h2-3,9H,1H3,(H,16,17)(H,18,19)(H,20,21,22). The molecule has 1 unspecified atom stereocenters. The summed E-state index contributed by atoms with van der Waals surface area (Å²) in [5, 5.41) is 19.4. The van der Waals surface area contributed by atoms with Crippen LogP contribution in [0.5, 0.6) is 0 Å². The molecule has 2 rings (SSSR count). The van der Waals surface area contributed by atoms with Gasteiger partial charge in [0.05, 0.1) is 16.3 Å². The predicted octanol–water partition coefficient (Wildman–Crippen LogP) is 1.24. The molecule has 1 atom stereocenters. The topological polar surface area (TPSA) is 158 Å². The highest BCUT2D eigenvalue weighted by Crippen LogP contribution is 2.31. The lowest BCUT2D eigenvalue weighted by atomic mass is 10.2. The summed E-state index contributed by atoms with van der Waals surface area (Å²) in [5.41, 5.74) is 1.54. The Bertz CT molecular complexity index is 864. The molecule has 12 heteroatoms. The molecule has 0 saturated carbocycles. The molecule has 0 aliphatic carbocycles. The van der Waals surface area contributed by atoms with Crippen LogP contribution in [0.1, 0.15) is 17.3 Å². The molecule has 122 valence electrons. The van der Waals surface area contributed by atoms with Crippen LogP contribution in [0.2, 0.25) is 5.02 Å². The van der Waals surface area contributed by atoms with Crippen LogP contribution in [-0.4, -0.2) is 41.7 Å². The van der Waals surface area contributed by atoms with Crippen molar-refractivity contribution in [3.05, 3.63) is 22.7 Å². The maximum atomic E-state index is 11.5. The van der Waals surface area contributed by atoms with E-state index in [1.54, 1.807) is 0 Å². The van der Waals surface area contributed by atoms with Gasteiger partial charge in [0.25, 0.3) is 16.0 Å². The Morgan fingerprint density at radius 1 is 1.43 bits per heavy atom. The molecule has 1 amide bonds. The minimum Gasteiger partial charge on any atom is -0.478 e. The fourth-order valence-electron chi connectivity index (χ4n) is 1.70. The fourth-order valence-corrected chi connectivity index (χ4v) is 2.64. The van der Waals surface area contributed by atoms with Gasteiger partial charge in [0.2, 0.25) is 0 Å². The molecule has 1 aromatic rings. The molecule has 1 aromatic carbocycles. The number of nitrogens with one attached hydrogen (secondary N) is 1. The molecular weight excluding hydrogens is 352 g/mol. The van der Waals surface area contributed by atoms with Crippen molar-refractivity contribution in [2.75, 3.05) is 0 Å². The number of hydrazone groups is 1. The van der Waals surface area contributed by atoms with Crippen LogP contribution in [0.15, 0.2) is 32.4 Å². The number of rotatable bonds is 4. The van der Waals surface area contributed by atoms with Crippen molar-refractivity contribution in [2.24, 2.45) is 15.3 Å². The number of amides is 1. The monoisotopic (exact) mass is 360 g/mol. The number of hydrogen-bond donors (Lipinski definition) is 3. The first kappa shape index (κ1) is 17.0. The number of carbonyl (C=O) groups excluding carboxylic acids is 1. The molecule has 1 aliphatic rings. The second-order valence-electron chi connectivity index (χ2n) is 4.43. The minimum atomic E-state index is -4.73. The van der Waals surface area contributed by atoms with E-state index in [9.17, 15) is 22.6 Å². The molecule has 0 aromatic heterocycles. The highest BCUT2D eigenvalue weighted by Gasteiger charge is 2.27. The van der Waals surface area contributed by atoms with Crippen molar-refractivity contribution in [1.29, 1.82) is 0 Å². The van der Waals surface area contributed by atoms with Crippen molar-refractivity contribution in [3.63, 3.8) is 0 Å². The zero-order valence-corrected chi connectivity index (χ0v) is 13.0. The van der Waals surface area contributed by atoms with Crippen LogP contribution in [-0.2, 0) is 14.9 Å². The van der Waals surface area contributed by atoms with E-state index < -0.39 is 49.2 Å². The highest BCUT2D eigenvalue weighted by molar-refractivity contribution is 7.86. The maximum Gasteiger partial charge on any atom is 0.337 e. The van der Waals surface area contributed by atoms with Crippen LogP contribution in [0.25, 0.3) is 0 Å². The van der Waals surface area contributed by atoms with Crippen LogP contribution in [0.3, 0.4) is 0 Å². The summed E-state index contributed by atoms with van der Waals surface area (Å²) in [4.78, 5) is 21.8. The average Bonchev–Trinajstić information content (AvgIpc) is 2.75. The Balaban J connectivity index is 2.55. The Labute approximate surface area is 134 Å². The number of carboxylic acids is 1. The third-order valence-electron chi connectivity index (χ3n) is 2.82. The van der Waals surface area contributed by atoms with Crippen molar-refractivity contribution in [3.8, 4) is 0 Å². The van der Waals surface area contributed by atoms with E-state index in [4.69, 9.17) is 16.7 Å². The first-order chi connectivity index (χ1) is 10.6. The van der Waals surface area contributed by atoms with E-state index in [1.165, 1.54) is 6.92 Å². The predicted molar refractivity (Wildman–Crippen MR) is 77.8 cm³/mol. The molecule has 1 aliphatic heterocycles. The highest BCUT2D eigenvalue weighted by atomic mass is 35.5. The molecule has 0 bridgehead atoms. The minimum absolute atomic E-state index is 0.291. The molecule has 23 heavy (non-hydrogen) atoms. The lowest BCUT2D eigenvalue weighted by molar-refractivity contribution is -0.120. The first-order valence-electron chi connectivity index (χ1n) is 5.90. The Kier molecular flexibility index (Phi) is 4.45. The van der Waals surface area contributed by atoms with Crippen LogP contribution >= 0.6 is 11.6 Å². The number of aromatic carboxylic acids is 1. The zero-order valence-electron chi connectivity index (χ0n) is 11.4. The van der Waals surface area contributed by atoms with Gasteiger partial charge in [0.1, 0.15) is 10.6 Å². The molecule has 0 radical (unpaired) electrons. The molecule has 1 heterocycles. The SMILES string of the molecule is CC1=NNC(=O)C1N=Nc1cc(C(=O)O)c(Cl)cc1S(=O)(=O)O. The number of azo groups is 1. The van der Waals surface area contributed by atoms with E-state index in [0.717, 1.165) is 12.1 Å². The zero-order chi connectivity index (χ0) is 17.4. The summed E-state index contributed by atoms with van der Waals surface area (Å²) in [6.45, 7) is 1.50. The summed E-state index contributed by atoms with van der Waals surface area (Å²) < 4.78 is 31.9. The summed E-state index contributed by atoms with van der Waals surface area (Å²) >= 11 is 5.66. The smallest absolute Gasteiger partial charge is 0.337 e. The van der Waals surface area contributed by atoms with E-state index >= 15 is 0 Å². The van der Waals surface area contributed by atoms with Gasteiger partial charge in [-0.05, 0) is 19.1 Å². The quantitative estimate of drug-likeness (QED) is 0.541. The van der Waals surface area contributed by atoms with Crippen molar-refractivity contribution in [2.45, 2.75) is 17.9 Å². The van der Waals surface area contributed by atoms with Crippen LogP contribution in [0.4, 0.5) is 5.69 Å². The van der Waals surface area contributed by atoms with E-state index in [1.807, 2.05) is 0 Å². The number of halogens is 1. The normalized spacial score (nSPS) is 18.1. The summed E-state index contributed by atoms with van der Waals surface area (Å²) in [6.07, 6.45) is 0. The first-order valence-corrected chi connectivity index (χ1v) is 7.72. The Hall–Kier alpha value is -2.37. The van der Waals surface area contributed by atoms with Gasteiger partial charge in [-0.15, -0.1) is 0 Å². The maximum absolute atomic E-state index is 11.5. The molecule has 3 N–H and O–H groups in total. The van der Waals surface area contributed by atoms with E-state index in [2.05, 4.69) is 20.8 Å². The average molecular weight is 361 g/mol. The Morgan fingerprint density at radius 3 is 2.57 bits per heavy atom. The number of carbonyl (C=O) groups is 2. The van der Waals surface area contributed by atoms with Gasteiger partial charge >= 0.3 is 5.97 Å².